The average Bonchev–Trinajstić information content (AvgIpc) is 2.72. The zero-order chi connectivity index (χ0) is 21.8. The maximum absolute atomic E-state index is 11.8. The van der Waals surface area contributed by atoms with Gasteiger partial charge in [-0.25, -0.2) is 8.42 Å². The van der Waals surface area contributed by atoms with E-state index in [9.17, 15) is 13.0 Å². The van der Waals surface area contributed by atoms with Crippen LogP contribution < -0.4 is 51.4 Å². The molecular weight excluding hydrogens is 431 g/mol. The van der Waals surface area contributed by atoms with Crippen LogP contribution >= 0.6 is 0 Å². The van der Waals surface area contributed by atoms with Crippen LogP contribution in [0.1, 0.15) is 102 Å². The van der Waals surface area contributed by atoms with Gasteiger partial charge >= 0.3 is 51.4 Å². The molecule has 0 bridgehead atoms. The minimum Gasteiger partial charge on any atom is -0.744 e. The van der Waals surface area contributed by atoms with Gasteiger partial charge in [0.2, 0.25) is 0 Å². The van der Waals surface area contributed by atoms with Crippen molar-refractivity contribution in [2.24, 2.45) is 0 Å². The van der Waals surface area contributed by atoms with Gasteiger partial charge in [-0.2, -0.15) is 0 Å². The summed E-state index contributed by atoms with van der Waals surface area (Å²) in [5.74, 6) is 0. The molecule has 2 aromatic rings. The van der Waals surface area contributed by atoms with Gasteiger partial charge in [-0.3, -0.25) is 0 Å². The zero-order valence-electron chi connectivity index (χ0n) is 19.9. The first-order valence-electron chi connectivity index (χ1n) is 12.0. The summed E-state index contributed by atoms with van der Waals surface area (Å²) in [7, 11) is -4.46. The number of hydrogen-bond acceptors (Lipinski definition) is 3. The van der Waals surface area contributed by atoms with E-state index in [1.807, 2.05) is 0 Å². The standard InChI is InChI=1S/C26H40O3S.K/c1-3-5-7-9-11-13-16-22-18-15-19-25-23(17-14-12-10-8-6-4-2)20-24(21-26(22)25)30(27,28)29;/h15,18-21H,3-14,16-17H2,1-2H3,(H,27,28,29);/q;+1/p-1. The number of aryl methyl sites for hydroxylation is 2. The molecular formula is C26H39KO3S. The van der Waals surface area contributed by atoms with Crippen LogP contribution in [0.15, 0.2) is 35.2 Å². The van der Waals surface area contributed by atoms with Crippen molar-refractivity contribution in [1.29, 1.82) is 0 Å². The molecule has 2 rings (SSSR count). The molecule has 0 aliphatic heterocycles. The van der Waals surface area contributed by atoms with Crippen LogP contribution in [0.2, 0.25) is 0 Å². The Labute approximate surface area is 233 Å². The summed E-state index contributed by atoms with van der Waals surface area (Å²) in [5, 5.41) is 2.06. The Balaban J connectivity index is 0.00000480. The third-order valence-corrected chi connectivity index (χ3v) is 6.85. The molecule has 0 fully saturated rings. The molecule has 0 amide bonds. The molecule has 0 aliphatic carbocycles. The minimum atomic E-state index is -4.46. The first-order chi connectivity index (χ1) is 14.5. The zero-order valence-corrected chi connectivity index (χ0v) is 23.9. The summed E-state index contributed by atoms with van der Waals surface area (Å²) in [5.41, 5.74) is 2.17. The normalized spacial score (nSPS) is 11.6. The van der Waals surface area contributed by atoms with Crippen molar-refractivity contribution in [1.82, 2.24) is 0 Å². The molecule has 31 heavy (non-hydrogen) atoms. The predicted octanol–water partition coefficient (Wildman–Crippen LogP) is 4.55. The van der Waals surface area contributed by atoms with E-state index >= 15 is 0 Å². The van der Waals surface area contributed by atoms with E-state index in [0.717, 1.165) is 54.0 Å². The fraction of sp³-hybridized carbons (Fsp3) is 0.615. The Morgan fingerprint density at radius 2 is 1.19 bits per heavy atom. The summed E-state index contributed by atoms with van der Waals surface area (Å²) < 4.78 is 35.4. The maximum Gasteiger partial charge on any atom is 1.00 e. The third-order valence-electron chi connectivity index (χ3n) is 6.03. The molecule has 0 radical (unpaired) electrons. The van der Waals surface area contributed by atoms with Gasteiger partial charge in [0.25, 0.3) is 0 Å². The van der Waals surface area contributed by atoms with Crippen molar-refractivity contribution < 1.29 is 64.4 Å². The van der Waals surface area contributed by atoms with Crippen LogP contribution in [0.25, 0.3) is 10.8 Å². The summed E-state index contributed by atoms with van der Waals surface area (Å²) in [6.45, 7) is 4.43. The first kappa shape index (κ1) is 29.3. The van der Waals surface area contributed by atoms with Crippen molar-refractivity contribution in [3.8, 4) is 0 Å². The van der Waals surface area contributed by atoms with Crippen LogP contribution in [-0.2, 0) is 23.0 Å². The molecule has 0 saturated heterocycles. The van der Waals surface area contributed by atoms with E-state index in [4.69, 9.17) is 0 Å². The fourth-order valence-electron chi connectivity index (χ4n) is 4.26. The average molecular weight is 471 g/mol. The van der Waals surface area contributed by atoms with E-state index in [1.165, 1.54) is 57.8 Å². The summed E-state index contributed by atoms with van der Waals surface area (Å²) in [6, 6.07) is 9.46. The van der Waals surface area contributed by atoms with Gasteiger partial charge in [0.15, 0.2) is 0 Å². The molecule has 5 heteroatoms. The second-order valence-electron chi connectivity index (χ2n) is 8.58. The van der Waals surface area contributed by atoms with Crippen molar-refractivity contribution in [2.45, 2.75) is 109 Å². The maximum atomic E-state index is 11.8. The largest absolute Gasteiger partial charge is 1.00 e. The van der Waals surface area contributed by atoms with Gasteiger partial charge in [0.05, 0.1) is 4.90 Å². The van der Waals surface area contributed by atoms with Crippen molar-refractivity contribution in [3.05, 3.63) is 41.5 Å². The second-order valence-corrected chi connectivity index (χ2v) is 9.96. The summed E-state index contributed by atoms with van der Waals surface area (Å²) >= 11 is 0. The van der Waals surface area contributed by atoms with Gasteiger partial charge in [0.1, 0.15) is 10.1 Å². The molecule has 0 N–H and O–H groups in total. The topological polar surface area (TPSA) is 57.2 Å². The van der Waals surface area contributed by atoms with Gasteiger partial charge in [-0.15, -0.1) is 0 Å². The predicted molar refractivity (Wildman–Crippen MR) is 126 cm³/mol. The molecule has 0 unspecified atom stereocenters. The summed E-state index contributed by atoms with van der Waals surface area (Å²) in [6.07, 6.45) is 16.3. The number of benzene rings is 2. The Kier molecular flexibility index (Phi) is 15.1. The Morgan fingerprint density at radius 3 is 1.74 bits per heavy atom. The van der Waals surface area contributed by atoms with Crippen LogP contribution in [0.3, 0.4) is 0 Å². The molecule has 0 aromatic heterocycles. The van der Waals surface area contributed by atoms with Gasteiger partial charge in [-0.05, 0) is 59.7 Å². The van der Waals surface area contributed by atoms with Gasteiger partial charge < -0.3 is 4.55 Å². The third kappa shape index (κ3) is 10.4. The molecule has 2 aromatic carbocycles. The molecule has 0 atom stereocenters. The number of hydrogen-bond donors (Lipinski definition) is 0. The van der Waals surface area contributed by atoms with E-state index < -0.39 is 10.1 Å². The molecule has 0 heterocycles. The van der Waals surface area contributed by atoms with E-state index in [0.29, 0.717) is 0 Å². The smallest absolute Gasteiger partial charge is 0.744 e. The van der Waals surface area contributed by atoms with Crippen LogP contribution in [0.5, 0.6) is 0 Å². The Morgan fingerprint density at radius 1 is 0.677 bits per heavy atom. The SMILES string of the molecule is CCCCCCCCc1cc(S(=O)(=O)[O-])cc2c(CCCCCCCC)cccc12.[K+]. The van der Waals surface area contributed by atoms with Crippen LogP contribution in [-0.4, -0.2) is 13.0 Å². The quantitative estimate of drug-likeness (QED) is 0.218. The fourth-order valence-corrected chi connectivity index (χ4v) is 4.81. The van der Waals surface area contributed by atoms with Gasteiger partial charge in [-0.1, -0.05) is 96.3 Å². The molecule has 3 nitrogen and oxygen atoms in total. The number of unbranched alkanes of at least 4 members (excludes halogenated alkanes) is 10. The van der Waals surface area contributed by atoms with E-state index in [2.05, 4.69) is 32.0 Å². The number of rotatable bonds is 15. The molecule has 0 aliphatic rings. The van der Waals surface area contributed by atoms with E-state index in [1.54, 1.807) is 12.1 Å². The van der Waals surface area contributed by atoms with Crippen LogP contribution in [0, 0.1) is 0 Å². The van der Waals surface area contributed by atoms with Crippen LogP contribution in [0.4, 0.5) is 0 Å². The number of fused-ring (bicyclic) bond motifs is 1. The van der Waals surface area contributed by atoms with Crippen molar-refractivity contribution in [2.75, 3.05) is 0 Å². The van der Waals surface area contributed by atoms with Crippen molar-refractivity contribution >= 4 is 20.9 Å². The Hall–Kier alpha value is 0.246. The Bertz CT molecular complexity index is 878. The monoisotopic (exact) mass is 470 g/mol. The minimum absolute atomic E-state index is 0. The van der Waals surface area contributed by atoms with E-state index in [-0.39, 0.29) is 56.3 Å². The molecule has 168 valence electrons. The molecule has 0 spiro atoms. The van der Waals surface area contributed by atoms with Crippen molar-refractivity contribution in [3.63, 3.8) is 0 Å². The second kappa shape index (κ2) is 16.0. The molecule has 0 saturated carbocycles. The summed E-state index contributed by atoms with van der Waals surface area (Å²) in [4.78, 5) is -0.0774. The van der Waals surface area contributed by atoms with Gasteiger partial charge in [0, 0.05) is 0 Å². The first-order valence-corrected chi connectivity index (χ1v) is 13.4.